The molecule has 3 rings (SSSR count). The van der Waals surface area contributed by atoms with Crippen molar-refractivity contribution in [2.75, 3.05) is 24.3 Å². The van der Waals surface area contributed by atoms with Crippen LogP contribution < -0.4 is 10.2 Å². The first-order valence-electron chi connectivity index (χ1n) is 6.56. The predicted molar refractivity (Wildman–Crippen MR) is 85.5 cm³/mol. The number of hydrogen-bond donors (Lipinski definition) is 1. The minimum absolute atomic E-state index is 0.245. The monoisotopic (exact) mass is 302 g/mol. The minimum Gasteiger partial charge on any atom is -0.372 e. The quantitative estimate of drug-likeness (QED) is 0.801. The van der Waals surface area contributed by atoms with Gasteiger partial charge < -0.3 is 10.2 Å². The highest BCUT2D eigenvalue weighted by Gasteiger charge is 2.10. The van der Waals surface area contributed by atoms with Crippen molar-refractivity contribution in [3.8, 4) is 0 Å². The summed E-state index contributed by atoms with van der Waals surface area (Å²) in [6.45, 7) is 0.520. The SMILES string of the molecule is CNc1nc(CN(C)c2cccc(F)c2)nc2sccc12. The molecule has 0 aliphatic rings. The summed E-state index contributed by atoms with van der Waals surface area (Å²) in [5.41, 5.74) is 0.802. The van der Waals surface area contributed by atoms with Crippen molar-refractivity contribution in [2.45, 2.75) is 6.54 Å². The van der Waals surface area contributed by atoms with Crippen LogP contribution in [0.15, 0.2) is 35.7 Å². The average Bonchev–Trinajstić information content (AvgIpc) is 2.94. The van der Waals surface area contributed by atoms with Crippen LogP contribution in [-0.4, -0.2) is 24.1 Å². The Kier molecular flexibility index (Phi) is 3.70. The van der Waals surface area contributed by atoms with Crippen LogP contribution in [0.2, 0.25) is 0 Å². The largest absolute Gasteiger partial charge is 0.372 e. The summed E-state index contributed by atoms with van der Waals surface area (Å²) in [4.78, 5) is 12.0. The van der Waals surface area contributed by atoms with Crippen molar-refractivity contribution in [1.82, 2.24) is 9.97 Å². The third-order valence-electron chi connectivity index (χ3n) is 3.24. The number of anilines is 2. The summed E-state index contributed by atoms with van der Waals surface area (Å²) in [6.07, 6.45) is 0. The van der Waals surface area contributed by atoms with E-state index in [0.29, 0.717) is 12.4 Å². The molecule has 0 aliphatic heterocycles. The zero-order valence-corrected chi connectivity index (χ0v) is 12.6. The molecule has 0 amide bonds. The van der Waals surface area contributed by atoms with Gasteiger partial charge in [0.2, 0.25) is 0 Å². The molecule has 0 aliphatic carbocycles. The molecule has 0 radical (unpaired) electrons. The summed E-state index contributed by atoms with van der Waals surface area (Å²) in [6, 6.07) is 8.51. The Morgan fingerprint density at radius 2 is 2.14 bits per heavy atom. The molecule has 21 heavy (non-hydrogen) atoms. The highest BCUT2D eigenvalue weighted by Crippen LogP contribution is 2.25. The lowest BCUT2D eigenvalue weighted by molar-refractivity contribution is 0.627. The molecule has 0 spiro atoms. The van der Waals surface area contributed by atoms with E-state index in [4.69, 9.17) is 0 Å². The van der Waals surface area contributed by atoms with Crippen LogP contribution in [0.5, 0.6) is 0 Å². The van der Waals surface area contributed by atoms with Crippen molar-refractivity contribution in [3.05, 3.63) is 47.4 Å². The second kappa shape index (κ2) is 5.65. The van der Waals surface area contributed by atoms with Crippen LogP contribution >= 0.6 is 11.3 Å². The number of thiophene rings is 1. The lowest BCUT2D eigenvalue weighted by Crippen LogP contribution is -2.18. The summed E-state index contributed by atoms with van der Waals surface area (Å²) < 4.78 is 13.3. The van der Waals surface area contributed by atoms with E-state index in [9.17, 15) is 4.39 Å². The molecule has 2 aromatic heterocycles. The van der Waals surface area contributed by atoms with E-state index < -0.39 is 0 Å². The van der Waals surface area contributed by atoms with Gasteiger partial charge in [0.05, 0.1) is 11.9 Å². The molecular formula is C15H15FN4S. The Morgan fingerprint density at radius 3 is 2.90 bits per heavy atom. The lowest BCUT2D eigenvalue weighted by atomic mass is 10.3. The molecule has 0 unspecified atom stereocenters. The van der Waals surface area contributed by atoms with E-state index in [1.165, 1.54) is 12.1 Å². The molecule has 1 N–H and O–H groups in total. The van der Waals surface area contributed by atoms with E-state index in [1.807, 2.05) is 36.5 Å². The fourth-order valence-corrected chi connectivity index (χ4v) is 2.96. The van der Waals surface area contributed by atoms with Gasteiger partial charge in [-0.15, -0.1) is 11.3 Å². The molecule has 3 aromatic rings. The van der Waals surface area contributed by atoms with E-state index in [0.717, 1.165) is 21.7 Å². The fourth-order valence-electron chi connectivity index (χ4n) is 2.18. The smallest absolute Gasteiger partial charge is 0.151 e. The first-order chi connectivity index (χ1) is 10.2. The number of fused-ring (bicyclic) bond motifs is 1. The lowest BCUT2D eigenvalue weighted by Gasteiger charge is -2.18. The zero-order valence-electron chi connectivity index (χ0n) is 11.8. The normalized spacial score (nSPS) is 10.8. The highest BCUT2D eigenvalue weighted by atomic mass is 32.1. The van der Waals surface area contributed by atoms with Gasteiger partial charge in [0, 0.05) is 19.8 Å². The maximum Gasteiger partial charge on any atom is 0.151 e. The van der Waals surface area contributed by atoms with Crippen LogP contribution in [0.1, 0.15) is 5.82 Å². The van der Waals surface area contributed by atoms with E-state index in [2.05, 4.69) is 15.3 Å². The van der Waals surface area contributed by atoms with Gasteiger partial charge in [-0.05, 0) is 29.6 Å². The molecule has 4 nitrogen and oxygen atoms in total. The van der Waals surface area contributed by atoms with Crippen LogP contribution in [0.4, 0.5) is 15.9 Å². The Bertz CT molecular complexity index is 771. The third-order valence-corrected chi connectivity index (χ3v) is 4.04. The standard InChI is InChI=1S/C15H15FN4S/c1-17-14-12-6-7-21-15(12)19-13(18-14)9-20(2)11-5-3-4-10(16)8-11/h3-8H,9H2,1-2H3,(H,17,18,19). The Balaban J connectivity index is 1.90. The fraction of sp³-hybridized carbons (Fsp3) is 0.200. The highest BCUT2D eigenvalue weighted by molar-refractivity contribution is 7.16. The molecule has 0 saturated carbocycles. The number of nitrogens with one attached hydrogen (secondary N) is 1. The third kappa shape index (κ3) is 2.80. The topological polar surface area (TPSA) is 41.1 Å². The molecule has 1 aromatic carbocycles. The summed E-state index contributed by atoms with van der Waals surface area (Å²) in [5.74, 6) is 1.29. The minimum atomic E-state index is -0.245. The first kappa shape index (κ1) is 13.8. The summed E-state index contributed by atoms with van der Waals surface area (Å²) in [5, 5.41) is 6.12. The van der Waals surface area contributed by atoms with Gasteiger partial charge in [0.25, 0.3) is 0 Å². The zero-order chi connectivity index (χ0) is 14.8. The van der Waals surface area contributed by atoms with E-state index in [-0.39, 0.29) is 5.82 Å². The second-order valence-electron chi connectivity index (χ2n) is 4.71. The molecule has 108 valence electrons. The maximum absolute atomic E-state index is 13.3. The molecular weight excluding hydrogens is 287 g/mol. The van der Waals surface area contributed by atoms with E-state index in [1.54, 1.807) is 17.4 Å². The van der Waals surface area contributed by atoms with Gasteiger partial charge in [-0.3, -0.25) is 0 Å². The Labute approximate surface area is 126 Å². The Hall–Kier alpha value is -2.21. The number of halogens is 1. The van der Waals surface area contributed by atoms with Gasteiger partial charge in [-0.1, -0.05) is 6.07 Å². The average molecular weight is 302 g/mol. The maximum atomic E-state index is 13.3. The molecule has 2 heterocycles. The van der Waals surface area contributed by atoms with Crippen molar-refractivity contribution in [3.63, 3.8) is 0 Å². The molecule has 0 bridgehead atoms. The van der Waals surface area contributed by atoms with Crippen molar-refractivity contribution < 1.29 is 4.39 Å². The van der Waals surface area contributed by atoms with Crippen molar-refractivity contribution >= 4 is 33.1 Å². The van der Waals surface area contributed by atoms with Crippen LogP contribution in [0, 0.1) is 5.82 Å². The molecule has 0 atom stereocenters. The molecule has 6 heteroatoms. The van der Waals surface area contributed by atoms with Crippen molar-refractivity contribution in [2.24, 2.45) is 0 Å². The van der Waals surface area contributed by atoms with Crippen molar-refractivity contribution in [1.29, 1.82) is 0 Å². The number of benzene rings is 1. The summed E-state index contributed by atoms with van der Waals surface area (Å²) >= 11 is 1.59. The predicted octanol–water partition coefficient (Wildman–Crippen LogP) is 3.51. The van der Waals surface area contributed by atoms with Crippen LogP contribution in [-0.2, 0) is 6.54 Å². The first-order valence-corrected chi connectivity index (χ1v) is 7.44. The van der Waals surface area contributed by atoms with Gasteiger partial charge in [-0.2, -0.15) is 0 Å². The van der Waals surface area contributed by atoms with E-state index >= 15 is 0 Å². The second-order valence-corrected chi connectivity index (χ2v) is 5.61. The summed E-state index contributed by atoms with van der Waals surface area (Å²) in [7, 11) is 3.75. The van der Waals surface area contributed by atoms with Gasteiger partial charge in [0.15, 0.2) is 5.82 Å². The number of rotatable bonds is 4. The molecule has 0 fully saturated rings. The van der Waals surface area contributed by atoms with Gasteiger partial charge in [0.1, 0.15) is 16.5 Å². The molecule has 0 saturated heterocycles. The van der Waals surface area contributed by atoms with Crippen LogP contribution in [0.25, 0.3) is 10.2 Å². The number of aromatic nitrogens is 2. The van der Waals surface area contributed by atoms with Gasteiger partial charge >= 0.3 is 0 Å². The number of nitrogens with zero attached hydrogens (tertiary/aromatic N) is 3. The van der Waals surface area contributed by atoms with Gasteiger partial charge in [-0.25, -0.2) is 14.4 Å². The number of hydrogen-bond acceptors (Lipinski definition) is 5. The van der Waals surface area contributed by atoms with Crippen LogP contribution in [0.3, 0.4) is 0 Å². The Morgan fingerprint density at radius 1 is 1.29 bits per heavy atom.